The van der Waals surface area contributed by atoms with Gasteiger partial charge in [0.05, 0.1) is 6.61 Å². The Labute approximate surface area is 150 Å². The molecule has 7 nitrogen and oxygen atoms in total. The minimum absolute atomic E-state index is 0.172. The number of nitrogens with one attached hydrogen (secondary N) is 2. The van der Waals surface area contributed by atoms with Crippen LogP contribution >= 0.6 is 0 Å². The molecule has 0 bridgehead atoms. The second-order valence-corrected chi connectivity index (χ2v) is 5.64. The van der Waals surface area contributed by atoms with E-state index in [0.29, 0.717) is 32.3 Å². The zero-order valence-electron chi connectivity index (χ0n) is 15.4. The molecule has 2 N–H and O–H groups in total. The molecule has 25 heavy (non-hydrogen) atoms. The Morgan fingerprint density at radius 2 is 1.60 bits per heavy atom. The lowest BCUT2D eigenvalue weighted by atomic mass is 10.1. The normalized spacial score (nSPS) is 12.4. The summed E-state index contributed by atoms with van der Waals surface area (Å²) in [4.78, 5) is 36.2. The first-order chi connectivity index (χ1) is 12.0. The van der Waals surface area contributed by atoms with Gasteiger partial charge >= 0.3 is 12.1 Å². The van der Waals surface area contributed by atoms with Gasteiger partial charge in [0, 0.05) is 0 Å². The van der Waals surface area contributed by atoms with E-state index < -0.39 is 30.1 Å². The number of hydrogen-bond donors (Lipinski definition) is 2. The fraction of sp³-hybridized carbons (Fsp3) is 0.722. The maximum Gasteiger partial charge on any atom is 0.408 e. The van der Waals surface area contributed by atoms with Crippen LogP contribution in [0.5, 0.6) is 0 Å². The van der Waals surface area contributed by atoms with Crippen molar-refractivity contribution in [3.8, 4) is 12.3 Å². The van der Waals surface area contributed by atoms with Crippen LogP contribution in [0.15, 0.2) is 0 Å². The van der Waals surface area contributed by atoms with Crippen molar-refractivity contribution in [2.75, 3.05) is 13.2 Å². The molecule has 0 aromatic heterocycles. The number of rotatable bonds is 12. The molecule has 0 rings (SSSR count). The van der Waals surface area contributed by atoms with E-state index in [-0.39, 0.29) is 6.61 Å². The summed E-state index contributed by atoms with van der Waals surface area (Å²) in [5, 5.41) is 5.14. The van der Waals surface area contributed by atoms with Crippen LogP contribution in [0.4, 0.5) is 4.79 Å². The van der Waals surface area contributed by atoms with Crippen LogP contribution in [0.2, 0.25) is 0 Å². The number of carbonyl (C=O) groups is 3. The van der Waals surface area contributed by atoms with E-state index in [4.69, 9.17) is 15.9 Å². The Hall–Kier alpha value is -2.23. The number of unbranched alkanes of at least 4 members (excludes halogenated alkanes) is 1. The molecule has 0 fully saturated rings. The van der Waals surface area contributed by atoms with Crippen LogP contribution in [0.25, 0.3) is 0 Å². The fourth-order valence-corrected chi connectivity index (χ4v) is 2.08. The van der Waals surface area contributed by atoms with Crippen LogP contribution < -0.4 is 10.6 Å². The van der Waals surface area contributed by atoms with Crippen molar-refractivity contribution in [2.24, 2.45) is 0 Å². The van der Waals surface area contributed by atoms with Crippen molar-refractivity contribution in [3.05, 3.63) is 0 Å². The summed E-state index contributed by atoms with van der Waals surface area (Å²) < 4.78 is 9.91. The molecule has 0 aliphatic carbocycles. The molecule has 0 spiro atoms. The number of amides is 2. The number of ether oxygens (including phenoxy) is 2. The Kier molecular flexibility index (Phi) is 12.9. The molecule has 0 aliphatic rings. The summed E-state index contributed by atoms with van der Waals surface area (Å²) in [6, 6.07) is -1.52. The van der Waals surface area contributed by atoms with Gasteiger partial charge in [-0.05, 0) is 19.3 Å². The first-order valence-electron chi connectivity index (χ1n) is 8.83. The van der Waals surface area contributed by atoms with Gasteiger partial charge in [-0.15, -0.1) is 6.42 Å². The van der Waals surface area contributed by atoms with E-state index in [0.717, 1.165) is 12.8 Å². The Balaban J connectivity index is 4.75. The zero-order valence-corrected chi connectivity index (χ0v) is 15.4. The van der Waals surface area contributed by atoms with Gasteiger partial charge in [0.15, 0.2) is 6.61 Å². The highest BCUT2D eigenvalue weighted by atomic mass is 16.5. The standard InChI is InChI=1S/C18H30N2O5/c1-5-9-13-24-17(22)15(11-7-3)19-16(21)14(10-6-2)20-18(23)25-12-8-4/h4,14-15H,5-7,9-13H2,1-3H3,(H,19,21)(H,20,23). The second-order valence-electron chi connectivity index (χ2n) is 5.64. The molecule has 0 heterocycles. The van der Waals surface area contributed by atoms with Gasteiger partial charge in [0.25, 0.3) is 0 Å². The minimum Gasteiger partial charge on any atom is -0.464 e. The zero-order chi connectivity index (χ0) is 19.1. The van der Waals surface area contributed by atoms with Gasteiger partial charge in [-0.1, -0.05) is 46.0 Å². The molecule has 2 atom stereocenters. The van der Waals surface area contributed by atoms with Gasteiger partial charge in [-0.2, -0.15) is 0 Å². The molecule has 0 aromatic rings. The van der Waals surface area contributed by atoms with Crippen LogP contribution in [0.3, 0.4) is 0 Å². The SMILES string of the molecule is C#CCOC(=O)NC(CCC)C(=O)NC(CCC)C(=O)OCCCC. The first kappa shape index (κ1) is 22.8. The summed E-state index contributed by atoms with van der Waals surface area (Å²) in [5.41, 5.74) is 0. The number of terminal acetylenes is 1. The molecule has 0 saturated heterocycles. The predicted octanol–water partition coefficient (Wildman–Crippen LogP) is 2.14. The third-order valence-corrected chi connectivity index (χ3v) is 3.39. The lowest BCUT2D eigenvalue weighted by molar-refractivity contribution is -0.148. The highest BCUT2D eigenvalue weighted by Crippen LogP contribution is 2.04. The third-order valence-electron chi connectivity index (χ3n) is 3.39. The van der Waals surface area contributed by atoms with Gasteiger partial charge in [-0.3, -0.25) is 4.79 Å². The molecule has 0 radical (unpaired) electrons. The Bertz CT molecular complexity index is 459. The van der Waals surface area contributed by atoms with Crippen LogP contribution in [0.1, 0.15) is 59.3 Å². The van der Waals surface area contributed by atoms with Gasteiger partial charge in [0.1, 0.15) is 12.1 Å². The average molecular weight is 354 g/mol. The summed E-state index contributed by atoms with van der Waals surface area (Å²) in [7, 11) is 0. The molecular formula is C18H30N2O5. The molecular weight excluding hydrogens is 324 g/mol. The predicted molar refractivity (Wildman–Crippen MR) is 94.7 cm³/mol. The minimum atomic E-state index is -0.793. The monoisotopic (exact) mass is 354 g/mol. The van der Waals surface area contributed by atoms with Crippen molar-refractivity contribution >= 4 is 18.0 Å². The second kappa shape index (κ2) is 14.1. The van der Waals surface area contributed by atoms with E-state index in [1.807, 2.05) is 20.8 Å². The van der Waals surface area contributed by atoms with Gasteiger partial charge in [-0.25, -0.2) is 9.59 Å². The van der Waals surface area contributed by atoms with E-state index in [1.54, 1.807) is 0 Å². The summed E-state index contributed by atoms with van der Waals surface area (Å²) in [6.45, 7) is 5.96. The van der Waals surface area contributed by atoms with E-state index >= 15 is 0 Å². The van der Waals surface area contributed by atoms with E-state index in [2.05, 4.69) is 16.6 Å². The summed E-state index contributed by atoms with van der Waals surface area (Å²) in [5.74, 6) is 1.29. The van der Waals surface area contributed by atoms with Crippen molar-refractivity contribution in [2.45, 2.75) is 71.4 Å². The van der Waals surface area contributed by atoms with Crippen molar-refractivity contribution in [1.29, 1.82) is 0 Å². The highest BCUT2D eigenvalue weighted by Gasteiger charge is 2.27. The number of hydrogen-bond acceptors (Lipinski definition) is 5. The first-order valence-corrected chi connectivity index (χ1v) is 8.83. The third kappa shape index (κ3) is 10.3. The Morgan fingerprint density at radius 3 is 2.16 bits per heavy atom. The van der Waals surface area contributed by atoms with Crippen molar-refractivity contribution in [3.63, 3.8) is 0 Å². The maximum atomic E-state index is 12.4. The average Bonchev–Trinajstić information content (AvgIpc) is 2.59. The summed E-state index contributed by atoms with van der Waals surface area (Å²) in [6.07, 6.45) is 8.23. The van der Waals surface area contributed by atoms with Crippen molar-refractivity contribution in [1.82, 2.24) is 10.6 Å². The number of alkyl carbamates (subject to hydrolysis) is 1. The lowest BCUT2D eigenvalue weighted by Gasteiger charge is -2.22. The summed E-state index contributed by atoms with van der Waals surface area (Å²) >= 11 is 0. The molecule has 0 aromatic carbocycles. The number of carbonyl (C=O) groups excluding carboxylic acids is 3. The molecule has 142 valence electrons. The Morgan fingerprint density at radius 1 is 0.960 bits per heavy atom. The lowest BCUT2D eigenvalue weighted by Crippen LogP contribution is -2.52. The number of esters is 1. The molecule has 0 aliphatic heterocycles. The maximum absolute atomic E-state index is 12.4. The molecule has 2 amide bonds. The molecule has 2 unspecified atom stereocenters. The van der Waals surface area contributed by atoms with E-state index in [1.165, 1.54) is 0 Å². The molecule has 0 saturated carbocycles. The van der Waals surface area contributed by atoms with Crippen LogP contribution in [-0.2, 0) is 19.1 Å². The highest BCUT2D eigenvalue weighted by molar-refractivity contribution is 5.89. The van der Waals surface area contributed by atoms with Crippen molar-refractivity contribution < 1.29 is 23.9 Å². The van der Waals surface area contributed by atoms with E-state index in [9.17, 15) is 14.4 Å². The van der Waals surface area contributed by atoms with Crippen LogP contribution in [0, 0.1) is 12.3 Å². The van der Waals surface area contributed by atoms with Crippen LogP contribution in [-0.4, -0.2) is 43.3 Å². The molecule has 7 heteroatoms. The topological polar surface area (TPSA) is 93.7 Å². The smallest absolute Gasteiger partial charge is 0.408 e. The van der Waals surface area contributed by atoms with Gasteiger partial charge < -0.3 is 20.1 Å². The largest absolute Gasteiger partial charge is 0.464 e. The quantitative estimate of drug-likeness (QED) is 0.318. The fourth-order valence-electron chi connectivity index (χ4n) is 2.08. The van der Waals surface area contributed by atoms with Gasteiger partial charge in [0.2, 0.25) is 5.91 Å².